The molecule has 122 valence electrons. The third-order valence-corrected chi connectivity index (χ3v) is 5.05. The van der Waals surface area contributed by atoms with Gasteiger partial charge in [0.1, 0.15) is 0 Å². The second-order valence-electron chi connectivity index (χ2n) is 6.63. The zero-order valence-electron chi connectivity index (χ0n) is 14.1. The summed E-state index contributed by atoms with van der Waals surface area (Å²) in [7, 11) is 2.23. The maximum atomic E-state index is 4.48. The van der Waals surface area contributed by atoms with Crippen LogP contribution in [-0.4, -0.2) is 41.5 Å². The molecule has 1 fully saturated rings. The first-order chi connectivity index (χ1) is 11.8. The molecule has 0 N–H and O–H groups in total. The number of hydrogen-bond acceptors (Lipinski definition) is 3. The maximum Gasteiger partial charge on any atom is 0.0705 e. The van der Waals surface area contributed by atoms with E-state index in [9.17, 15) is 0 Å². The third kappa shape index (κ3) is 3.05. The number of rotatable bonds is 3. The highest BCUT2D eigenvalue weighted by Gasteiger charge is 2.25. The molecule has 0 amide bonds. The molecule has 24 heavy (non-hydrogen) atoms. The van der Waals surface area contributed by atoms with Crippen molar-refractivity contribution in [3.63, 3.8) is 0 Å². The zero-order chi connectivity index (χ0) is 16.4. The van der Waals surface area contributed by atoms with Crippen LogP contribution in [0.3, 0.4) is 0 Å². The topological polar surface area (TPSA) is 19.4 Å². The van der Waals surface area contributed by atoms with Gasteiger partial charge in [0.25, 0.3) is 0 Å². The zero-order valence-corrected chi connectivity index (χ0v) is 14.1. The van der Waals surface area contributed by atoms with Crippen molar-refractivity contribution in [3.05, 3.63) is 78.0 Å². The summed E-state index contributed by atoms with van der Waals surface area (Å²) in [6.07, 6.45) is 1.87. The van der Waals surface area contributed by atoms with Crippen LogP contribution >= 0.6 is 0 Å². The second kappa shape index (κ2) is 6.71. The highest BCUT2D eigenvalue weighted by molar-refractivity contribution is 5.81. The predicted molar refractivity (Wildman–Crippen MR) is 98.8 cm³/mol. The van der Waals surface area contributed by atoms with E-state index in [1.807, 2.05) is 12.3 Å². The molecule has 0 unspecified atom stereocenters. The van der Waals surface area contributed by atoms with Crippen molar-refractivity contribution >= 4 is 10.9 Å². The summed E-state index contributed by atoms with van der Waals surface area (Å²) in [6, 6.07) is 22.0. The van der Waals surface area contributed by atoms with Gasteiger partial charge in [-0.1, -0.05) is 48.5 Å². The normalized spacial score (nSPS) is 19.6. The number of nitrogens with zero attached hydrogens (tertiary/aromatic N) is 3. The fourth-order valence-corrected chi connectivity index (χ4v) is 3.65. The van der Waals surface area contributed by atoms with Crippen LogP contribution in [0, 0.1) is 0 Å². The molecule has 2 aromatic carbocycles. The number of fused-ring (bicyclic) bond motifs is 1. The Morgan fingerprint density at radius 3 is 2.71 bits per heavy atom. The van der Waals surface area contributed by atoms with Crippen molar-refractivity contribution in [3.8, 4) is 0 Å². The molecule has 1 saturated heterocycles. The summed E-state index contributed by atoms with van der Waals surface area (Å²) in [5, 5.41) is 1.27. The Kier molecular flexibility index (Phi) is 4.28. The highest BCUT2D eigenvalue weighted by atomic mass is 15.3. The van der Waals surface area contributed by atoms with Gasteiger partial charge in [0.2, 0.25) is 0 Å². The van der Waals surface area contributed by atoms with E-state index < -0.39 is 0 Å². The average Bonchev–Trinajstić information content (AvgIpc) is 2.64. The second-order valence-corrected chi connectivity index (χ2v) is 6.63. The van der Waals surface area contributed by atoms with Gasteiger partial charge in [-0.2, -0.15) is 0 Å². The monoisotopic (exact) mass is 317 g/mol. The van der Waals surface area contributed by atoms with Crippen LogP contribution in [0.2, 0.25) is 0 Å². The summed E-state index contributed by atoms with van der Waals surface area (Å²) in [4.78, 5) is 9.52. The van der Waals surface area contributed by atoms with Gasteiger partial charge in [-0.25, -0.2) is 0 Å². The molecule has 3 nitrogen and oxygen atoms in total. The molecule has 3 heteroatoms. The molecule has 1 aromatic heterocycles. The van der Waals surface area contributed by atoms with Crippen LogP contribution < -0.4 is 0 Å². The van der Waals surface area contributed by atoms with Crippen LogP contribution in [0.25, 0.3) is 10.9 Å². The predicted octanol–water partition coefficient (Wildman–Crippen LogP) is 3.72. The molecule has 2 heterocycles. The maximum absolute atomic E-state index is 4.48. The Bertz CT molecular complexity index is 810. The third-order valence-electron chi connectivity index (χ3n) is 5.05. The first-order valence-electron chi connectivity index (χ1n) is 8.61. The van der Waals surface area contributed by atoms with Gasteiger partial charge in [-0.15, -0.1) is 0 Å². The molecule has 0 aliphatic carbocycles. The van der Waals surface area contributed by atoms with Crippen molar-refractivity contribution in [2.24, 2.45) is 0 Å². The van der Waals surface area contributed by atoms with Gasteiger partial charge in [-0.05, 0) is 30.3 Å². The fourth-order valence-electron chi connectivity index (χ4n) is 3.65. The van der Waals surface area contributed by atoms with Crippen molar-refractivity contribution in [2.75, 3.05) is 26.7 Å². The van der Waals surface area contributed by atoms with E-state index in [-0.39, 0.29) is 0 Å². The van der Waals surface area contributed by atoms with Crippen LogP contribution in [0.15, 0.2) is 66.9 Å². The Hall–Kier alpha value is -2.23. The largest absolute Gasteiger partial charge is 0.297 e. The van der Waals surface area contributed by atoms with E-state index in [0.717, 1.165) is 31.7 Å². The number of likely N-dealkylation sites (N-methyl/N-ethyl adjacent to an activating group) is 1. The molecule has 1 aliphatic heterocycles. The van der Waals surface area contributed by atoms with E-state index in [1.165, 1.54) is 16.5 Å². The molecule has 4 rings (SSSR count). The fraction of sp³-hybridized carbons (Fsp3) is 0.286. The summed E-state index contributed by atoms with van der Waals surface area (Å²) in [5.74, 6) is 0. The van der Waals surface area contributed by atoms with Gasteiger partial charge in [-0.3, -0.25) is 14.8 Å². The van der Waals surface area contributed by atoms with Crippen molar-refractivity contribution in [2.45, 2.75) is 12.6 Å². The van der Waals surface area contributed by atoms with Crippen LogP contribution in [0.4, 0.5) is 0 Å². The minimum atomic E-state index is 0.466. The quantitative estimate of drug-likeness (QED) is 0.734. The number of benzene rings is 2. The lowest BCUT2D eigenvalue weighted by Gasteiger charge is -2.40. The Morgan fingerprint density at radius 1 is 0.958 bits per heavy atom. The summed E-state index contributed by atoms with van der Waals surface area (Å²) in [6.45, 7) is 4.26. The number of aromatic nitrogens is 1. The lowest BCUT2D eigenvalue weighted by atomic mass is 10.0. The van der Waals surface area contributed by atoms with Gasteiger partial charge < -0.3 is 0 Å². The molecule has 1 aliphatic rings. The SMILES string of the molecule is CN1CCN(Cc2cccc3ncccc23)C[C@@H]1c1ccccc1. The Balaban J connectivity index is 1.56. The molecule has 1 atom stereocenters. The highest BCUT2D eigenvalue weighted by Crippen LogP contribution is 2.26. The number of pyridine rings is 1. The van der Waals surface area contributed by atoms with Crippen molar-refractivity contribution in [1.29, 1.82) is 0 Å². The van der Waals surface area contributed by atoms with Crippen LogP contribution in [0.5, 0.6) is 0 Å². The van der Waals surface area contributed by atoms with Crippen LogP contribution in [0.1, 0.15) is 17.2 Å². The van der Waals surface area contributed by atoms with Gasteiger partial charge in [0, 0.05) is 43.8 Å². The molecule has 0 spiro atoms. The number of piperazine rings is 1. The van der Waals surface area contributed by atoms with Gasteiger partial charge in [0.05, 0.1) is 5.52 Å². The summed E-state index contributed by atoms with van der Waals surface area (Å²) < 4.78 is 0. The van der Waals surface area contributed by atoms with E-state index >= 15 is 0 Å². The van der Waals surface area contributed by atoms with E-state index in [1.54, 1.807) is 0 Å². The standard InChI is InChI=1S/C21H23N3/c1-23-13-14-24(16-21(23)17-7-3-2-4-8-17)15-18-9-5-11-20-19(18)10-6-12-22-20/h2-12,21H,13-16H2,1H3/t21-/m1/s1. The van der Waals surface area contributed by atoms with E-state index in [0.29, 0.717) is 6.04 Å². The molecular weight excluding hydrogens is 294 g/mol. The number of hydrogen-bond donors (Lipinski definition) is 0. The Labute approximate surface area is 143 Å². The molecular formula is C21H23N3. The van der Waals surface area contributed by atoms with Crippen molar-refractivity contribution < 1.29 is 0 Å². The van der Waals surface area contributed by atoms with E-state index in [2.05, 4.69) is 76.4 Å². The lowest BCUT2D eigenvalue weighted by molar-refractivity contribution is 0.0908. The Morgan fingerprint density at radius 2 is 1.83 bits per heavy atom. The molecule has 0 saturated carbocycles. The van der Waals surface area contributed by atoms with Gasteiger partial charge in [0.15, 0.2) is 0 Å². The first-order valence-corrected chi connectivity index (χ1v) is 8.61. The smallest absolute Gasteiger partial charge is 0.0705 e. The molecule has 0 bridgehead atoms. The minimum absolute atomic E-state index is 0.466. The first kappa shape index (κ1) is 15.3. The molecule has 0 radical (unpaired) electrons. The lowest BCUT2D eigenvalue weighted by Crippen LogP contribution is -2.46. The molecule has 3 aromatic rings. The summed E-state index contributed by atoms with van der Waals surface area (Å²) >= 11 is 0. The van der Waals surface area contributed by atoms with E-state index in [4.69, 9.17) is 0 Å². The minimum Gasteiger partial charge on any atom is -0.297 e. The average molecular weight is 317 g/mol. The van der Waals surface area contributed by atoms with Gasteiger partial charge >= 0.3 is 0 Å². The van der Waals surface area contributed by atoms with Crippen molar-refractivity contribution in [1.82, 2.24) is 14.8 Å². The van der Waals surface area contributed by atoms with Crippen LogP contribution in [-0.2, 0) is 6.54 Å². The summed E-state index contributed by atoms with van der Waals surface area (Å²) in [5.41, 5.74) is 3.87.